The summed E-state index contributed by atoms with van der Waals surface area (Å²) < 4.78 is 0. The maximum absolute atomic E-state index is 11.3. The van der Waals surface area contributed by atoms with Crippen LogP contribution in [0.4, 0.5) is 0 Å². The first-order valence-electron chi connectivity index (χ1n) is 4.67. The second-order valence-electron chi connectivity index (χ2n) is 3.68. The number of rotatable bonds is 2. The second-order valence-corrected chi connectivity index (χ2v) is 3.68. The Morgan fingerprint density at radius 1 is 1.57 bits per heavy atom. The molecule has 1 heterocycles. The third-order valence-corrected chi connectivity index (χ3v) is 2.11. The molecule has 2 amide bonds. The minimum Gasteiger partial charge on any atom is -0.387 e. The molecule has 1 aliphatic rings. The van der Waals surface area contributed by atoms with Gasteiger partial charge in [0.1, 0.15) is 6.04 Å². The summed E-state index contributed by atoms with van der Waals surface area (Å²) in [6, 6.07) is -0.491. The van der Waals surface area contributed by atoms with E-state index in [1.807, 2.05) is 13.8 Å². The molecule has 1 unspecified atom stereocenters. The number of imide groups is 1. The molecule has 0 aromatic rings. The maximum atomic E-state index is 11.3. The Morgan fingerprint density at radius 2 is 2.21 bits per heavy atom. The van der Waals surface area contributed by atoms with Gasteiger partial charge in [-0.05, 0) is 6.42 Å². The molecule has 0 aromatic carbocycles. The molecule has 5 heteroatoms. The summed E-state index contributed by atoms with van der Waals surface area (Å²) in [5.41, 5.74) is 5.63. The Kier molecular flexibility index (Phi) is 3.22. The van der Waals surface area contributed by atoms with Gasteiger partial charge in [0.25, 0.3) is 5.91 Å². The summed E-state index contributed by atoms with van der Waals surface area (Å²) in [6.45, 7) is 3.81. The van der Waals surface area contributed by atoms with Crippen molar-refractivity contribution in [2.24, 2.45) is 16.6 Å². The Balaban J connectivity index is 2.66. The van der Waals surface area contributed by atoms with E-state index in [1.54, 1.807) is 0 Å². The van der Waals surface area contributed by atoms with E-state index < -0.39 is 6.04 Å². The number of hydrogen-bond donors (Lipinski definition) is 2. The summed E-state index contributed by atoms with van der Waals surface area (Å²) in [7, 11) is 0. The van der Waals surface area contributed by atoms with Crippen LogP contribution in [0.3, 0.4) is 0 Å². The van der Waals surface area contributed by atoms with Crippen molar-refractivity contribution in [1.82, 2.24) is 5.32 Å². The zero-order valence-electron chi connectivity index (χ0n) is 8.41. The van der Waals surface area contributed by atoms with Gasteiger partial charge in [0.15, 0.2) is 0 Å². The number of nitrogens with zero attached hydrogens (tertiary/aromatic N) is 1. The quantitative estimate of drug-likeness (QED) is 0.365. The Morgan fingerprint density at radius 3 is 2.71 bits per heavy atom. The van der Waals surface area contributed by atoms with E-state index in [2.05, 4.69) is 10.3 Å². The van der Waals surface area contributed by atoms with E-state index in [0.29, 0.717) is 18.7 Å². The van der Waals surface area contributed by atoms with E-state index in [1.165, 1.54) is 0 Å². The monoisotopic (exact) mass is 197 g/mol. The van der Waals surface area contributed by atoms with Crippen molar-refractivity contribution in [3.05, 3.63) is 0 Å². The summed E-state index contributed by atoms with van der Waals surface area (Å²) in [6.07, 6.45) is 0.795. The molecule has 0 radical (unpaired) electrons. The summed E-state index contributed by atoms with van der Waals surface area (Å²) >= 11 is 0. The number of carbonyl (C=O) groups is 2. The molecule has 0 spiro atoms. The lowest BCUT2D eigenvalue weighted by Crippen LogP contribution is -2.44. The van der Waals surface area contributed by atoms with E-state index in [9.17, 15) is 9.59 Å². The van der Waals surface area contributed by atoms with Gasteiger partial charge in [0.2, 0.25) is 5.91 Å². The molecule has 3 N–H and O–H groups in total. The van der Waals surface area contributed by atoms with Crippen molar-refractivity contribution in [3.63, 3.8) is 0 Å². The Bertz CT molecular complexity index is 284. The largest absolute Gasteiger partial charge is 0.387 e. The van der Waals surface area contributed by atoms with Crippen molar-refractivity contribution in [2.45, 2.75) is 32.7 Å². The highest BCUT2D eigenvalue weighted by atomic mass is 16.2. The van der Waals surface area contributed by atoms with Crippen LogP contribution in [0, 0.1) is 5.92 Å². The second kappa shape index (κ2) is 4.21. The average Bonchev–Trinajstić information content (AvgIpc) is 2.09. The topological polar surface area (TPSA) is 84.5 Å². The molecular formula is C9H15N3O2. The summed E-state index contributed by atoms with van der Waals surface area (Å²) in [4.78, 5) is 26.2. The Labute approximate surface area is 82.8 Å². The lowest BCUT2D eigenvalue weighted by atomic mass is 10.1. The van der Waals surface area contributed by atoms with E-state index in [-0.39, 0.29) is 17.7 Å². The highest BCUT2D eigenvalue weighted by Crippen LogP contribution is 2.09. The number of amides is 2. The highest BCUT2D eigenvalue weighted by molar-refractivity contribution is 6.01. The number of carbonyl (C=O) groups excluding carboxylic acids is 2. The molecule has 0 aromatic heterocycles. The first-order valence-corrected chi connectivity index (χ1v) is 4.67. The fraction of sp³-hybridized carbons (Fsp3) is 0.667. The van der Waals surface area contributed by atoms with Crippen LogP contribution in [-0.4, -0.2) is 23.7 Å². The molecule has 1 aliphatic heterocycles. The normalized spacial score (nSPS) is 23.9. The van der Waals surface area contributed by atoms with Crippen molar-refractivity contribution in [2.75, 3.05) is 0 Å². The minimum absolute atomic E-state index is 0.125. The first kappa shape index (κ1) is 10.7. The standard InChI is InChI=1S/C9H15N3O2/c1-5(2)8(10)11-6-3-4-7(13)12-9(6)14/h5-6H,3-4H2,1-2H3,(H2,10,11)(H,12,13,14). The Hall–Kier alpha value is -1.39. The fourth-order valence-corrected chi connectivity index (χ4v) is 1.13. The van der Waals surface area contributed by atoms with E-state index in [4.69, 9.17) is 5.73 Å². The average molecular weight is 197 g/mol. The van der Waals surface area contributed by atoms with Gasteiger partial charge >= 0.3 is 0 Å². The van der Waals surface area contributed by atoms with Gasteiger partial charge in [-0.1, -0.05) is 13.8 Å². The van der Waals surface area contributed by atoms with Crippen LogP contribution in [0.1, 0.15) is 26.7 Å². The third-order valence-electron chi connectivity index (χ3n) is 2.11. The molecule has 1 fully saturated rings. The minimum atomic E-state index is -0.491. The molecule has 0 aliphatic carbocycles. The first-order chi connectivity index (χ1) is 6.50. The van der Waals surface area contributed by atoms with Crippen LogP contribution in [0.2, 0.25) is 0 Å². The number of hydrogen-bond acceptors (Lipinski definition) is 3. The number of aliphatic imine (C=N–C) groups is 1. The number of piperidine rings is 1. The SMILES string of the molecule is CC(C)C(N)=NC1CCC(=O)NC1=O. The zero-order valence-corrected chi connectivity index (χ0v) is 8.41. The van der Waals surface area contributed by atoms with E-state index >= 15 is 0 Å². The summed E-state index contributed by atoms with van der Waals surface area (Å²) in [5, 5.41) is 2.23. The molecule has 1 rings (SSSR count). The van der Waals surface area contributed by atoms with Crippen LogP contribution >= 0.6 is 0 Å². The van der Waals surface area contributed by atoms with Gasteiger partial charge in [-0.2, -0.15) is 0 Å². The van der Waals surface area contributed by atoms with Gasteiger partial charge in [-0.25, -0.2) is 0 Å². The molecule has 1 saturated heterocycles. The van der Waals surface area contributed by atoms with Gasteiger partial charge in [0, 0.05) is 12.3 Å². The maximum Gasteiger partial charge on any atom is 0.251 e. The smallest absolute Gasteiger partial charge is 0.251 e. The van der Waals surface area contributed by atoms with Gasteiger partial charge in [-0.15, -0.1) is 0 Å². The molecule has 78 valence electrons. The lowest BCUT2D eigenvalue weighted by molar-refractivity contribution is -0.133. The van der Waals surface area contributed by atoms with Gasteiger partial charge < -0.3 is 5.73 Å². The number of nitrogens with two attached hydrogens (primary N) is 1. The molecule has 1 atom stereocenters. The predicted molar refractivity (Wildman–Crippen MR) is 52.6 cm³/mol. The van der Waals surface area contributed by atoms with Crippen molar-refractivity contribution < 1.29 is 9.59 Å². The number of nitrogens with one attached hydrogen (secondary N) is 1. The van der Waals surface area contributed by atoms with Crippen LogP contribution in [-0.2, 0) is 9.59 Å². The molecule has 0 bridgehead atoms. The molecule has 0 saturated carbocycles. The van der Waals surface area contributed by atoms with Crippen molar-refractivity contribution >= 4 is 17.6 Å². The zero-order chi connectivity index (χ0) is 10.7. The van der Waals surface area contributed by atoms with Crippen LogP contribution in [0.5, 0.6) is 0 Å². The molecular weight excluding hydrogens is 182 g/mol. The third kappa shape index (κ3) is 2.55. The van der Waals surface area contributed by atoms with Crippen molar-refractivity contribution in [3.8, 4) is 0 Å². The molecule has 5 nitrogen and oxygen atoms in total. The highest BCUT2D eigenvalue weighted by Gasteiger charge is 2.26. The molecule has 14 heavy (non-hydrogen) atoms. The van der Waals surface area contributed by atoms with E-state index in [0.717, 1.165) is 0 Å². The van der Waals surface area contributed by atoms with Gasteiger partial charge in [0.05, 0.1) is 5.84 Å². The summed E-state index contributed by atoms with van der Waals surface area (Å²) in [5.74, 6) is 0.00865. The predicted octanol–water partition coefficient (Wildman–Crippen LogP) is -0.195. The van der Waals surface area contributed by atoms with Crippen LogP contribution < -0.4 is 11.1 Å². The number of amidine groups is 1. The van der Waals surface area contributed by atoms with Gasteiger partial charge in [-0.3, -0.25) is 19.9 Å². The van der Waals surface area contributed by atoms with Crippen molar-refractivity contribution in [1.29, 1.82) is 0 Å². The fourth-order valence-electron chi connectivity index (χ4n) is 1.13. The lowest BCUT2D eigenvalue weighted by Gasteiger charge is -2.18. The van der Waals surface area contributed by atoms with Crippen LogP contribution in [0.15, 0.2) is 4.99 Å². The van der Waals surface area contributed by atoms with Crippen LogP contribution in [0.25, 0.3) is 0 Å².